The molecule has 9 nitrogen and oxygen atoms in total. The molecule has 0 aliphatic heterocycles. The van der Waals surface area contributed by atoms with E-state index in [0.717, 1.165) is 17.8 Å². The van der Waals surface area contributed by atoms with Crippen LogP contribution >= 0.6 is 11.8 Å². The molecule has 0 saturated heterocycles. The number of carbonyl (C=O) groups is 1. The predicted octanol–water partition coefficient (Wildman–Crippen LogP) is 1.49. The molecule has 13 heteroatoms. The van der Waals surface area contributed by atoms with E-state index < -0.39 is 40.3 Å². The first-order valence-electron chi connectivity index (χ1n) is 7.95. The van der Waals surface area contributed by atoms with Crippen molar-refractivity contribution < 1.29 is 22.4 Å². The first kappa shape index (κ1) is 20.4. The van der Waals surface area contributed by atoms with Gasteiger partial charge in [-0.25, -0.2) is 18.0 Å². The number of aryl methyl sites for hydroxylation is 1. The number of benzene rings is 1. The van der Waals surface area contributed by atoms with Gasteiger partial charge in [-0.05, 0) is 19.1 Å². The summed E-state index contributed by atoms with van der Waals surface area (Å²) in [5, 5.41) is 9.56. The highest BCUT2D eigenvalue weighted by Crippen LogP contribution is 2.21. The molecule has 2 heterocycles. The van der Waals surface area contributed by atoms with Crippen LogP contribution < -0.4 is 16.6 Å². The van der Waals surface area contributed by atoms with Crippen LogP contribution in [0.4, 0.5) is 18.9 Å². The standard InChI is InChI=1S/C16H12F3N5O4S/c1-6-7(14(26)22-15(27)20-6)4-11-23-24-16(28-11)29-5-10(25)21-9-3-2-8(17)12(18)13(9)19/h2-3H,4-5H2,1H3,(H,21,25)(H2,20,22,26,27). The second kappa shape index (κ2) is 8.34. The van der Waals surface area contributed by atoms with Gasteiger partial charge in [-0.15, -0.1) is 10.2 Å². The van der Waals surface area contributed by atoms with Crippen LogP contribution in [-0.4, -0.2) is 31.8 Å². The Labute approximate surface area is 163 Å². The molecule has 0 atom stereocenters. The van der Waals surface area contributed by atoms with E-state index in [4.69, 9.17) is 4.42 Å². The van der Waals surface area contributed by atoms with Gasteiger partial charge in [-0.2, -0.15) is 0 Å². The first-order valence-corrected chi connectivity index (χ1v) is 8.93. The van der Waals surface area contributed by atoms with E-state index in [9.17, 15) is 27.6 Å². The molecule has 0 aliphatic carbocycles. The molecule has 0 bridgehead atoms. The first-order chi connectivity index (χ1) is 13.7. The van der Waals surface area contributed by atoms with E-state index in [1.54, 1.807) is 6.92 Å². The van der Waals surface area contributed by atoms with Crippen LogP contribution in [0.3, 0.4) is 0 Å². The minimum atomic E-state index is -1.69. The minimum Gasteiger partial charge on any atom is -0.416 e. The Balaban J connectivity index is 1.61. The van der Waals surface area contributed by atoms with Gasteiger partial charge in [0, 0.05) is 11.3 Å². The van der Waals surface area contributed by atoms with Crippen molar-refractivity contribution >= 4 is 23.4 Å². The number of amides is 1. The summed E-state index contributed by atoms with van der Waals surface area (Å²) in [4.78, 5) is 39.4. The maximum atomic E-state index is 13.6. The zero-order valence-electron chi connectivity index (χ0n) is 14.6. The van der Waals surface area contributed by atoms with Gasteiger partial charge in [0.25, 0.3) is 10.8 Å². The van der Waals surface area contributed by atoms with Crippen molar-refractivity contribution in [3.05, 3.63) is 67.6 Å². The number of H-pyrrole nitrogens is 2. The maximum Gasteiger partial charge on any atom is 0.325 e. The molecule has 0 unspecified atom stereocenters. The maximum absolute atomic E-state index is 13.6. The molecule has 0 radical (unpaired) electrons. The number of carbonyl (C=O) groups excluding carboxylic acids is 1. The lowest BCUT2D eigenvalue weighted by molar-refractivity contribution is -0.113. The summed E-state index contributed by atoms with van der Waals surface area (Å²) < 4.78 is 44.9. The normalized spacial score (nSPS) is 10.9. The lowest BCUT2D eigenvalue weighted by Gasteiger charge is -2.06. The Morgan fingerprint density at radius 2 is 1.93 bits per heavy atom. The number of halogens is 3. The van der Waals surface area contributed by atoms with Crippen LogP contribution in [0.5, 0.6) is 0 Å². The highest BCUT2D eigenvalue weighted by Gasteiger charge is 2.17. The van der Waals surface area contributed by atoms with Crippen molar-refractivity contribution in [2.45, 2.75) is 18.6 Å². The number of hydrogen-bond donors (Lipinski definition) is 3. The van der Waals surface area contributed by atoms with Crippen LogP contribution in [-0.2, 0) is 11.2 Å². The van der Waals surface area contributed by atoms with Gasteiger partial charge in [0.15, 0.2) is 17.5 Å². The Bertz CT molecular complexity index is 1190. The summed E-state index contributed by atoms with van der Waals surface area (Å²) >= 11 is 0.817. The average molecular weight is 427 g/mol. The molecule has 1 amide bonds. The van der Waals surface area contributed by atoms with Crippen LogP contribution in [0.2, 0.25) is 0 Å². The Hall–Kier alpha value is -3.35. The Morgan fingerprint density at radius 3 is 2.66 bits per heavy atom. The largest absolute Gasteiger partial charge is 0.416 e. The monoisotopic (exact) mass is 427 g/mol. The molecule has 0 spiro atoms. The van der Waals surface area contributed by atoms with Crippen LogP contribution in [0.1, 0.15) is 17.1 Å². The fraction of sp³-hybridized carbons (Fsp3) is 0.188. The van der Waals surface area contributed by atoms with Crippen molar-refractivity contribution in [3.8, 4) is 0 Å². The smallest absolute Gasteiger partial charge is 0.325 e. The van der Waals surface area contributed by atoms with Gasteiger partial charge in [0.2, 0.25) is 11.8 Å². The van der Waals surface area contributed by atoms with Crippen molar-refractivity contribution in [3.63, 3.8) is 0 Å². The number of anilines is 1. The number of aromatic nitrogens is 4. The van der Waals surface area contributed by atoms with Crippen LogP contribution in [0, 0.1) is 24.4 Å². The summed E-state index contributed by atoms with van der Waals surface area (Å²) in [6, 6.07) is 1.58. The number of nitrogens with zero attached hydrogens (tertiary/aromatic N) is 2. The van der Waals surface area contributed by atoms with Gasteiger partial charge in [0.1, 0.15) is 0 Å². The van der Waals surface area contributed by atoms with E-state index in [-0.39, 0.29) is 28.9 Å². The molecule has 152 valence electrons. The van der Waals surface area contributed by atoms with E-state index in [0.29, 0.717) is 11.8 Å². The quantitative estimate of drug-likeness (QED) is 0.401. The van der Waals surface area contributed by atoms with Crippen molar-refractivity contribution in [2.75, 3.05) is 11.1 Å². The zero-order valence-corrected chi connectivity index (χ0v) is 15.5. The molecule has 3 rings (SSSR count). The summed E-state index contributed by atoms with van der Waals surface area (Å²) in [5.41, 5.74) is -1.16. The molecule has 2 aromatic heterocycles. The highest BCUT2D eigenvalue weighted by molar-refractivity contribution is 7.99. The fourth-order valence-corrected chi connectivity index (χ4v) is 2.87. The summed E-state index contributed by atoms with van der Waals surface area (Å²) in [6.45, 7) is 1.54. The summed E-state index contributed by atoms with van der Waals surface area (Å²) in [7, 11) is 0. The minimum absolute atomic E-state index is 0.000542. The predicted molar refractivity (Wildman–Crippen MR) is 95.2 cm³/mol. The fourth-order valence-electron chi connectivity index (χ4n) is 2.29. The number of hydrogen-bond acceptors (Lipinski definition) is 7. The SMILES string of the molecule is Cc1[nH]c(=O)[nH]c(=O)c1Cc1nnc(SCC(=O)Nc2ccc(F)c(F)c2F)o1. The van der Waals surface area contributed by atoms with Crippen molar-refractivity contribution in [2.24, 2.45) is 0 Å². The molecule has 0 aliphatic rings. The molecular weight excluding hydrogens is 415 g/mol. The molecule has 0 fully saturated rings. The third-order valence-electron chi connectivity index (χ3n) is 3.67. The van der Waals surface area contributed by atoms with Gasteiger partial charge in [-0.3, -0.25) is 14.6 Å². The van der Waals surface area contributed by atoms with E-state index in [1.165, 1.54) is 0 Å². The molecule has 3 aromatic rings. The summed E-state index contributed by atoms with van der Waals surface area (Å²) in [6.07, 6.45) is -0.0439. The third-order valence-corrected chi connectivity index (χ3v) is 4.49. The lowest BCUT2D eigenvalue weighted by Crippen LogP contribution is -2.27. The second-order valence-electron chi connectivity index (χ2n) is 5.71. The molecule has 3 N–H and O–H groups in total. The van der Waals surface area contributed by atoms with Crippen molar-refractivity contribution in [1.82, 2.24) is 20.2 Å². The Kier molecular flexibility index (Phi) is 5.87. The van der Waals surface area contributed by atoms with Crippen LogP contribution in [0.15, 0.2) is 31.4 Å². The van der Waals surface area contributed by atoms with Crippen molar-refractivity contribution in [1.29, 1.82) is 0 Å². The average Bonchev–Trinajstić information content (AvgIpc) is 3.11. The zero-order chi connectivity index (χ0) is 21.1. The Morgan fingerprint density at radius 1 is 1.17 bits per heavy atom. The molecule has 1 aromatic carbocycles. The van der Waals surface area contributed by atoms with Gasteiger partial charge >= 0.3 is 5.69 Å². The van der Waals surface area contributed by atoms with Gasteiger partial charge in [-0.1, -0.05) is 11.8 Å². The third kappa shape index (κ3) is 4.74. The van der Waals surface area contributed by atoms with Crippen LogP contribution in [0.25, 0.3) is 0 Å². The van der Waals surface area contributed by atoms with E-state index in [2.05, 4.69) is 25.5 Å². The van der Waals surface area contributed by atoms with Gasteiger partial charge < -0.3 is 14.7 Å². The second-order valence-corrected chi connectivity index (χ2v) is 6.64. The van der Waals surface area contributed by atoms with E-state index >= 15 is 0 Å². The number of thioether (sulfide) groups is 1. The molecular formula is C16H12F3N5O4S. The molecule has 0 saturated carbocycles. The number of nitrogens with one attached hydrogen (secondary N) is 3. The summed E-state index contributed by atoms with van der Waals surface area (Å²) in [5.74, 6) is -5.50. The highest BCUT2D eigenvalue weighted by atomic mass is 32.2. The number of rotatable bonds is 6. The van der Waals surface area contributed by atoms with Gasteiger partial charge in [0.05, 0.1) is 17.9 Å². The molecule has 29 heavy (non-hydrogen) atoms. The topological polar surface area (TPSA) is 134 Å². The lowest BCUT2D eigenvalue weighted by atomic mass is 10.2. The van der Waals surface area contributed by atoms with E-state index in [1.807, 2.05) is 0 Å². The number of aromatic amines is 2.